The number of alkyl halides is 3. The average molecular weight is 363 g/mol. The highest BCUT2D eigenvalue weighted by Crippen LogP contribution is 2.32. The van der Waals surface area contributed by atoms with Crippen molar-refractivity contribution in [3.63, 3.8) is 0 Å². The van der Waals surface area contributed by atoms with Crippen LogP contribution in [0.4, 0.5) is 13.2 Å². The quantitative estimate of drug-likeness (QED) is 0.734. The zero-order chi connectivity index (χ0) is 18.9. The van der Waals surface area contributed by atoms with Crippen LogP contribution in [0, 0.1) is 0 Å². The van der Waals surface area contributed by atoms with Gasteiger partial charge in [0.2, 0.25) is 0 Å². The Morgan fingerprint density at radius 3 is 2.46 bits per heavy atom. The number of nitrogens with one attached hydrogen (secondary N) is 1. The number of benzene rings is 2. The molecule has 1 aromatic heterocycles. The number of amides is 1. The zero-order valence-electron chi connectivity index (χ0n) is 13.8. The Morgan fingerprint density at radius 2 is 1.77 bits per heavy atom. The molecule has 26 heavy (non-hydrogen) atoms. The number of hydrogen-bond donors (Lipinski definition) is 2. The maximum atomic E-state index is 13.0. The van der Waals surface area contributed by atoms with Gasteiger partial charge in [-0.25, -0.2) is 0 Å². The van der Waals surface area contributed by atoms with Gasteiger partial charge >= 0.3 is 6.18 Å². The van der Waals surface area contributed by atoms with E-state index in [1.165, 1.54) is 19.1 Å². The number of carbonyl (C=O) groups excluding carboxylic acids is 1. The second kappa shape index (κ2) is 6.49. The Kier molecular flexibility index (Phi) is 4.50. The van der Waals surface area contributed by atoms with Gasteiger partial charge in [0.15, 0.2) is 0 Å². The third-order valence-corrected chi connectivity index (χ3v) is 4.03. The van der Waals surface area contributed by atoms with E-state index in [1.54, 1.807) is 24.3 Å². The molecule has 1 atom stereocenters. The van der Waals surface area contributed by atoms with Crippen LogP contribution in [0.3, 0.4) is 0 Å². The van der Waals surface area contributed by atoms with E-state index in [4.69, 9.17) is 4.42 Å². The summed E-state index contributed by atoms with van der Waals surface area (Å²) >= 11 is 0. The smallest absolute Gasteiger partial charge is 0.417 e. The first-order chi connectivity index (χ1) is 12.2. The minimum atomic E-state index is -4.64. The second-order valence-corrected chi connectivity index (χ2v) is 6.15. The normalized spacial score (nSPS) is 14.2. The number of aliphatic hydroxyl groups is 1. The predicted octanol–water partition coefficient (Wildman–Crippen LogP) is 4.09. The van der Waals surface area contributed by atoms with Gasteiger partial charge in [-0.15, -0.1) is 0 Å². The van der Waals surface area contributed by atoms with Gasteiger partial charge in [0.25, 0.3) is 5.91 Å². The van der Waals surface area contributed by atoms with Gasteiger partial charge in [0, 0.05) is 5.39 Å². The first-order valence-corrected chi connectivity index (χ1v) is 7.84. The van der Waals surface area contributed by atoms with Gasteiger partial charge in [-0.2, -0.15) is 13.2 Å². The van der Waals surface area contributed by atoms with Crippen LogP contribution >= 0.6 is 0 Å². The molecule has 0 saturated carbocycles. The Bertz CT molecular complexity index is 911. The van der Waals surface area contributed by atoms with Crippen molar-refractivity contribution in [2.24, 2.45) is 0 Å². The van der Waals surface area contributed by atoms with Crippen LogP contribution in [0.5, 0.6) is 0 Å². The molecule has 0 saturated heterocycles. The number of furan rings is 1. The lowest BCUT2D eigenvalue weighted by Gasteiger charge is -2.21. The first kappa shape index (κ1) is 18.0. The summed E-state index contributed by atoms with van der Waals surface area (Å²) in [6.45, 7) is 1.11. The van der Waals surface area contributed by atoms with Crippen LogP contribution in [-0.4, -0.2) is 17.6 Å². The van der Waals surface area contributed by atoms with Gasteiger partial charge < -0.3 is 14.8 Å². The predicted molar refractivity (Wildman–Crippen MR) is 89.6 cm³/mol. The van der Waals surface area contributed by atoms with Crippen molar-refractivity contribution in [1.29, 1.82) is 0 Å². The maximum absolute atomic E-state index is 13.0. The van der Waals surface area contributed by atoms with E-state index in [0.29, 0.717) is 5.58 Å². The number of para-hydroxylation sites is 1. The molecule has 3 rings (SSSR count). The Morgan fingerprint density at radius 1 is 1.12 bits per heavy atom. The van der Waals surface area contributed by atoms with E-state index in [2.05, 4.69) is 5.32 Å². The highest BCUT2D eigenvalue weighted by molar-refractivity contribution is 5.95. The average Bonchev–Trinajstić information content (AvgIpc) is 3.04. The van der Waals surface area contributed by atoms with Crippen LogP contribution in [0.2, 0.25) is 0 Å². The molecule has 0 bridgehead atoms. The molecule has 1 unspecified atom stereocenters. The van der Waals surface area contributed by atoms with Gasteiger partial charge in [-0.05, 0) is 31.2 Å². The summed E-state index contributed by atoms with van der Waals surface area (Å²) in [5.74, 6) is -0.711. The molecule has 0 aliphatic carbocycles. The minimum absolute atomic E-state index is 0.211. The molecule has 3 aromatic rings. The van der Waals surface area contributed by atoms with E-state index in [0.717, 1.165) is 17.5 Å². The van der Waals surface area contributed by atoms with Crippen LogP contribution in [0.15, 0.2) is 59.0 Å². The van der Waals surface area contributed by atoms with E-state index < -0.39 is 28.8 Å². The molecule has 0 aliphatic heterocycles. The third kappa shape index (κ3) is 3.57. The largest absolute Gasteiger partial charge is 0.458 e. The molecule has 136 valence electrons. The topological polar surface area (TPSA) is 62.5 Å². The fourth-order valence-electron chi connectivity index (χ4n) is 2.61. The Labute approximate surface area is 147 Å². The summed E-state index contributed by atoms with van der Waals surface area (Å²) in [6, 6.07) is 13.2. The molecule has 7 heteroatoms. The summed E-state index contributed by atoms with van der Waals surface area (Å²) in [7, 11) is 0. The Hall–Kier alpha value is -2.80. The number of fused-ring (bicyclic) bond motifs is 1. The summed E-state index contributed by atoms with van der Waals surface area (Å²) in [5, 5.41) is 13.7. The van der Waals surface area contributed by atoms with Crippen molar-refractivity contribution in [1.82, 2.24) is 5.32 Å². The second-order valence-electron chi connectivity index (χ2n) is 6.15. The van der Waals surface area contributed by atoms with Crippen molar-refractivity contribution in [2.75, 3.05) is 6.54 Å². The Balaban J connectivity index is 1.79. The minimum Gasteiger partial charge on any atom is -0.458 e. The van der Waals surface area contributed by atoms with Gasteiger partial charge in [0.05, 0.1) is 17.7 Å². The molecular formula is C19H16F3NO3. The van der Waals surface area contributed by atoms with Crippen LogP contribution in [-0.2, 0) is 11.8 Å². The van der Waals surface area contributed by atoms with Crippen LogP contribution in [0.1, 0.15) is 28.6 Å². The molecule has 4 nitrogen and oxygen atoms in total. The van der Waals surface area contributed by atoms with E-state index in [1.807, 2.05) is 6.07 Å². The molecule has 2 aromatic carbocycles. The molecule has 0 aliphatic rings. The van der Waals surface area contributed by atoms with E-state index >= 15 is 0 Å². The van der Waals surface area contributed by atoms with Crippen molar-refractivity contribution in [2.45, 2.75) is 18.7 Å². The van der Waals surface area contributed by atoms with Crippen molar-refractivity contribution >= 4 is 16.9 Å². The van der Waals surface area contributed by atoms with Crippen LogP contribution < -0.4 is 5.32 Å². The molecule has 1 amide bonds. The molecule has 0 fully saturated rings. The molecule has 0 radical (unpaired) electrons. The highest BCUT2D eigenvalue weighted by atomic mass is 19.4. The summed E-state index contributed by atoms with van der Waals surface area (Å²) in [6.07, 6.45) is -4.64. The summed E-state index contributed by atoms with van der Waals surface area (Å²) in [4.78, 5) is 12.2. The SMILES string of the molecule is CC(O)(CNC(=O)c1ccccc1C(F)(F)F)c1cc2ccccc2o1. The lowest BCUT2D eigenvalue weighted by Crippen LogP contribution is -2.39. The van der Waals surface area contributed by atoms with Crippen LogP contribution in [0.25, 0.3) is 11.0 Å². The van der Waals surface area contributed by atoms with Crippen molar-refractivity contribution < 1.29 is 27.5 Å². The zero-order valence-corrected chi connectivity index (χ0v) is 13.8. The standard InChI is InChI=1S/C19H16F3NO3/c1-18(25,16-10-12-6-2-5-9-15(12)26-16)11-23-17(24)13-7-3-4-8-14(13)19(20,21)22/h2-10,25H,11H2,1H3,(H,23,24). The van der Waals surface area contributed by atoms with Gasteiger partial charge in [-0.3, -0.25) is 4.79 Å². The molecule has 1 heterocycles. The number of rotatable bonds is 4. The van der Waals surface area contributed by atoms with Gasteiger partial charge in [-0.1, -0.05) is 30.3 Å². The first-order valence-electron chi connectivity index (χ1n) is 7.84. The molecular weight excluding hydrogens is 347 g/mol. The third-order valence-electron chi connectivity index (χ3n) is 4.03. The number of carbonyl (C=O) groups is 1. The highest BCUT2D eigenvalue weighted by Gasteiger charge is 2.35. The van der Waals surface area contributed by atoms with E-state index in [-0.39, 0.29) is 12.3 Å². The lowest BCUT2D eigenvalue weighted by molar-refractivity contribution is -0.137. The summed E-state index contributed by atoms with van der Waals surface area (Å²) < 4.78 is 44.6. The maximum Gasteiger partial charge on any atom is 0.417 e. The summed E-state index contributed by atoms with van der Waals surface area (Å²) in [5.41, 5.74) is -2.54. The monoisotopic (exact) mass is 363 g/mol. The molecule has 2 N–H and O–H groups in total. The number of halogens is 3. The fraction of sp³-hybridized carbons (Fsp3) is 0.211. The van der Waals surface area contributed by atoms with Crippen molar-refractivity contribution in [3.8, 4) is 0 Å². The van der Waals surface area contributed by atoms with Gasteiger partial charge in [0.1, 0.15) is 16.9 Å². The lowest BCUT2D eigenvalue weighted by atomic mass is 10.0. The van der Waals surface area contributed by atoms with Crippen molar-refractivity contribution in [3.05, 3.63) is 71.5 Å². The fourth-order valence-corrected chi connectivity index (χ4v) is 2.61. The van der Waals surface area contributed by atoms with E-state index in [9.17, 15) is 23.1 Å². The number of hydrogen-bond acceptors (Lipinski definition) is 3. The molecule has 0 spiro atoms.